The van der Waals surface area contributed by atoms with Crippen LogP contribution in [0.2, 0.25) is 10.0 Å². The maximum atomic E-state index is 14.4. The average Bonchev–Trinajstić information content (AvgIpc) is 3.39. The monoisotopic (exact) mass is 614 g/mol. The highest BCUT2D eigenvalue weighted by atomic mass is 35.5. The van der Waals surface area contributed by atoms with Crippen molar-refractivity contribution in [3.8, 4) is 0 Å². The molecule has 2 aliphatic heterocycles. The van der Waals surface area contributed by atoms with Crippen molar-refractivity contribution in [3.05, 3.63) is 80.3 Å². The summed E-state index contributed by atoms with van der Waals surface area (Å²) < 4.78 is 0. The fourth-order valence-electron chi connectivity index (χ4n) is 6.49. The van der Waals surface area contributed by atoms with Crippen molar-refractivity contribution in [3.63, 3.8) is 0 Å². The van der Waals surface area contributed by atoms with Crippen LogP contribution in [0.1, 0.15) is 64.6 Å². The number of aliphatic imine (C=N–C) groups is 1. The number of carbonyl (C=O) groups excluding carboxylic acids is 1. The highest BCUT2D eigenvalue weighted by Crippen LogP contribution is 2.56. The van der Waals surface area contributed by atoms with Gasteiger partial charge < -0.3 is 19.8 Å². The molecule has 0 unspecified atom stereocenters. The Morgan fingerprint density at radius 3 is 2.17 bits per heavy atom. The van der Waals surface area contributed by atoms with E-state index >= 15 is 0 Å². The van der Waals surface area contributed by atoms with Crippen LogP contribution < -0.4 is 0 Å². The van der Waals surface area contributed by atoms with Gasteiger partial charge in [0.1, 0.15) is 10.4 Å². The van der Waals surface area contributed by atoms with Crippen LogP contribution in [0.5, 0.6) is 0 Å². The van der Waals surface area contributed by atoms with Crippen molar-refractivity contribution in [2.24, 2.45) is 10.9 Å². The van der Waals surface area contributed by atoms with Crippen LogP contribution in [0.3, 0.4) is 0 Å². The van der Waals surface area contributed by atoms with Gasteiger partial charge in [-0.05, 0) is 93.7 Å². The van der Waals surface area contributed by atoms with Crippen LogP contribution in [0.15, 0.2) is 64.1 Å². The first kappa shape index (κ1) is 30.4. The number of allylic oxidation sites excluding steroid dienone is 1. The Kier molecular flexibility index (Phi) is 8.85. The first-order valence-electron chi connectivity index (χ1n) is 14.4. The number of fused-ring (bicyclic) bond motifs is 1. The smallest absolute Gasteiger partial charge is 0.263 e. The fourth-order valence-corrected chi connectivity index (χ4v) is 8.09. The van der Waals surface area contributed by atoms with Gasteiger partial charge in [0.15, 0.2) is 5.17 Å². The second kappa shape index (κ2) is 11.9. The SMILES string of the molecule is CC(C)C1=C(C(=O)N(C(C)C)C2CC(N(C)CCO)C2)SC2=N[C@@](C)(c3ccc(Cl)cc3)[C@@H](c3ccc(Cl)cc3)N21. The summed E-state index contributed by atoms with van der Waals surface area (Å²) in [5.41, 5.74) is 2.59. The summed E-state index contributed by atoms with van der Waals surface area (Å²) in [5.74, 6) is 0.192. The zero-order chi connectivity index (χ0) is 29.6. The number of benzene rings is 2. The van der Waals surface area contributed by atoms with Crippen molar-refractivity contribution in [2.45, 2.75) is 77.2 Å². The zero-order valence-corrected chi connectivity index (χ0v) is 27.0. The predicted molar refractivity (Wildman–Crippen MR) is 170 cm³/mol. The maximum Gasteiger partial charge on any atom is 0.263 e. The van der Waals surface area contributed by atoms with E-state index in [4.69, 9.17) is 28.2 Å². The number of hydrogen-bond acceptors (Lipinski definition) is 6. The molecule has 220 valence electrons. The summed E-state index contributed by atoms with van der Waals surface area (Å²) in [4.78, 5) is 27.1. The number of aliphatic hydroxyl groups is 1. The van der Waals surface area contributed by atoms with Crippen molar-refractivity contribution < 1.29 is 9.90 Å². The van der Waals surface area contributed by atoms with E-state index in [9.17, 15) is 9.90 Å². The molecule has 1 N–H and O–H groups in total. The van der Waals surface area contributed by atoms with Gasteiger partial charge >= 0.3 is 0 Å². The number of nitrogens with zero attached hydrogens (tertiary/aromatic N) is 4. The molecular formula is C32H40Cl2N4O2S. The fraction of sp³-hybridized carbons (Fsp3) is 0.500. The van der Waals surface area contributed by atoms with Gasteiger partial charge in [-0.3, -0.25) is 4.79 Å². The molecule has 1 aliphatic carbocycles. The normalized spacial score (nSPS) is 25.7. The Morgan fingerprint density at radius 2 is 1.63 bits per heavy atom. The summed E-state index contributed by atoms with van der Waals surface area (Å²) >= 11 is 14.1. The molecule has 41 heavy (non-hydrogen) atoms. The third kappa shape index (κ3) is 5.56. The van der Waals surface area contributed by atoms with Crippen molar-refractivity contribution in [1.29, 1.82) is 0 Å². The first-order chi connectivity index (χ1) is 19.5. The van der Waals surface area contributed by atoms with Gasteiger partial charge in [-0.2, -0.15) is 0 Å². The van der Waals surface area contributed by atoms with E-state index in [0.717, 1.165) is 39.7 Å². The molecular weight excluding hydrogens is 575 g/mol. The van der Waals surface area contributed by atoms with Crippen LogP contribution in [-0.4, -0.2) is 69.2 Å². The zero-order valence-electron chi connectivity index (χ0n) is 24.6. The van der Waals surface area contributed by atoms with Crippen LogP contribution in [-0.2, 0) is 10.3 Å². The number of aliphatic hydroxyl groups excluding tert-OH is 1. The number of rotatable bonds is 9. The Hall–Kier alpha value is -2.03. The molecule has 1 amide bonds. The molecule has 6 nitrogen and oxygen atoms in total. The van der Waals surface area contributed by atoms with Crippen LogP contribution in [0.25, 0.3) is 0 Å². The third-order valence-corrected chi connectivity index (χ3v) is 10.3. The number of amides is 1. The Balaban J connectivity index is 1.53. The molecule has 9 heteroatoms. The van der Waals surface area contributed by atoms with E-state index < -0.39 is 5.54 Å². The van der Waals surface area contributed by atoms with Gasteiger partial charge in [-0.15, -0.1) is 0 Å². The number of halogens is 2. The summed E-state index contributed by atoms with van der Waals surface area (Å²) in [6.45, 7) is 11.5. The molecule has 2 aromatic carbocycles. The number of thioether (sulfide) groups is 1. The quantitative estimate of drug-likeness (QED) is 0.332. The molecule has 1 saturated carbocycles. The van der Waals surface area contributed by atoms with Crippen molar-refractivity contribution in [2.75, 3.05) is 20.2 Å². The second-order valence-electron chi connectivity index (χ2n) is 12.1. The highest BCUT2D eigenvalue weighted by molar-refractivity contribution is 8.18. The third-order valence-electron chi connectivity index (χ3n) is 8.71. The molecule has 3 aliphatic rings. The molecule has 5 rings (SSSR count). The number of likely N-dealkylation sites (N-methyl/N-ethyl adjacent to an activating group) is 1. The lowest BCUT2D eigenvalue weighted by Crippen LogP contribution is -2.57. The highest BCUT2D eigenvalue weighted by Gasteiger charge is 2.54. The summed E-state index contributed by atoms with van der Waals surface area (Å²) in [7, 11) is 2.05. The Morgan fingerprint density at radius 1 is 1.05 bits per heavy atom. The minimum absolute atomic E-state index is 0.0712. The summed E-state index contributed by atoms with van der Waals surface area (Å²) in [5, 5.41) is 11.6. The topological polar surface area (TPSA) is 59.4 Å². The van der Waals surface area contributed by atoms with Gasteiger partial charge in [-0.1, -0.05) is 61.3 Å². The van der Waals surface area contributed by atoms with Gasteiger partial charge in [0, 0.05) is 40.4 Å². The first-order valence-corrected chi connectivity index (χ1v) is 16.0. The van der Waals surface area contributed by atoms with E-state index in [1.807, 2.05) is 43.4 Å². The number of amidine groups is 1. The van der Waals surface area contributed by atoms with E-state index in [2.05, 4.69) is 61.5 Å². The minimum Gasteiger partial charge on any atom is -0.395 e. The molecule has 0 spiro atoms. The number of carbonyl (C=O) groups is 1. The molecule has 0 aromatic heterocycles. The standard InChI is InChI=1S/C32H40Cl2N4O2S/c1-19(2)27-28(30(40)37(20(3)4)26-17-25(18-26)36(6)15-16-39)41-31-35-32(5,22-9-13-24(34)14-10-22)29(38(27)31)21-7-11-23(33)12-8-21/h7-14,19-20,25-26,29,39H,15-18H2,1-6H3/t25?,26?,29-,32+/m1/s1. The van der Waals surface area contributed by atoms with Crippen molar-refractivity contribution >= 4 is 46.0 Å². The van der Waals surface area contributed by atoms with Crippen LogP contribution in [0, 0.1) is 5.92 Å². The largest absolute Gasteiger partial charge is 0.395 e. The Bertz CT molecular complexity index is 1340. The van der Waals surface area contributed by atoms with Crippen LogP contribution in [0.4, 0.5) is 0 Å². The molecule has 0 saturated heterocycles. The van der Waals surface area contributed by atoms with E-state index in [1.54, 1.807) is 0 Å². The molecule has 2 heterocycles. The lowest BCUT2D eigenvalue weighted by atomic mass is 9.81. The average molecular weight is 616 g/mol. The lowest BCUT2D eigenvalue weighted by Gasteiger charge is -2.48. The predicted octanol–water partition coefficient (Wildman–Crippen LogP) is 6.93. The van der Waals surface area contributed by atoms with Crippen LogP contribution >= 0.6 is 35.0 Å². The molecule has 1 fully saturated rings. The van der Waals surface area contributed by atoms with E-state index in [0.29, 0.717) is 22.6 Å². The van der Waals surface area contributed by atoms with Gasteiger partial charge in [0.25, 0.3) is 5.91 Å². The second-order valence-corrected chi connectivity index (χ2v) is 14.0. The minimum atomic E-state index is -0.592. The lowest BCUT2D eigenvalue weighted by molar-refractivity contribution is -0.134. The maximum absolute atomic E-state index is 14.4. The summed E-state index contributed by atoms with van der Waals surface area (Å²) in [6, 6.07) is 16.4. The molecule has 2 atom stereocenters. The molecule has 0 bridgehead atoms. The van der Waals surface area contributed by atoms with E-state index in [1.165, 1.54) is 11.8 Å². The van der Waals surface area contributed by atoms with Crippen molar-refractivity contribution in [1.82, 2.24) is 14.7 Å². The Labute approximate surface area is 258 Å². The van der Waals surface area contributed by atoms with Gasteiger partial charge in [-0.25, -0.2) is 4.99 Å². The molecule has 2 aromatic rings. The van der Waals surface area contributed by atoms with Gasteiger partial charge in [0.05, 0.1) is 12.6 Å². The summed E-state index contributed by atoms with van der Waals surface area (Å²) in [6.07, 6.45) is 1.84. The number of hydrogen-bond donors (Lipinski definition) is 1. The molecule has 0 radical (unpaired) electrons. The van der Waals surface area contributed by atoms with E-state index in [-0.39, 0.29) is 36.6 Å². The van der Waals surface area contributed by atoms with Gasteiger partial charge in [0.2, 0.25) is 0 Å².